The zero-order valence-electron chi connectivity index (χ0n) is 14.8. The molecule has 5 nitrogen and oxygen atoms in total. The summed E-state index contributed by atoms with van der Waals surface area (Å²) in [6, 6.07) is 16.0. The smallest absolute Gasteiger partial charge is 0.257 e. The Kier molecular flexibility index (Phi) is 5.66. The summed E-state index contributed by atoms with van der Waals surface area (Å²) in [5.41, 5.74) is 0.981. The number of halogens is 1. The second kappa shape index (κ2) is 8.31. The average Bonchev–Trinajstić information content (AvgIpc) is 2.67. The topological polar surface area (TPSA) is 60.3 Å². The molecule has 138 valence electrons. The molecule has 0 unspecified atom stereocenters. The molecule has 0 bridgehead atoms. The molecule has 6 heteroatoms. The molecule has 3 aromatic rings. The number of carbonyl (C=O) groups is 1. The maximum absolute atomic E-state index is 13.8. The highest BCUT2D eigenvalue weighted by Crippen LogP contribution is 2.16. The zero-order chi connectivity index (χ0) is 19.2. The minimum absolute atomic E-state index is 0.0513. The van der Waals surface area contributed by atoms with Crippen LogP contribution in [0.1, 0.15) is 22.8 Å². The van der Waals surface area contributed by atoms with Gasteiger partial charge in [-0.25, -0.2) is 4.39 Å². The third-order valence-corrected chi connectivity index (χ3v) is 3.97. The lowest BCUT2D eigenvalue weighted by Gasteiger charge is -2.10. The van der Waals surface area contributed by atoms with Gasteiger partial charge in [-0.1, -0.05) is 18.2 Å². The Morgan fingerprint density at radius 2 is 1.81 bits per heavy atom. The monoisotopic (exact) mass is 366 g/mol. The van der Waals surface area contributed by atoms with Gasteiger partial charge in [0, 0.05) is 23.5 Å². The Morgan fingerprint density at radius 3 is 2.52 bits per heavy atom. The van der Waals surface area contributed by atoms with Gasteiger partial charge in [-0.15, -0.1) is 0 Å². The van der Waals surface area contributed by atoms with E-state index in [0.717, 1.165) is 0 Å². The standard InChI is InChI=1S/C21H19FN2O3/c1-2-27-18-10-8-17(9-11-18)23-21(26)16-7-12-20(25)24(14-16)13-15-5-3-4-6-19(15)22/h3-12,14H,2,13H2,1H3,(H,23,26). The van der Waals surface area contributed by atoms with E-state index in [2.05, 4.69) is 5.32 Å². The Bertz CT molecular complexity index is 997. The second-order valence-electron chi connectivity index (χ2n) is 5.89. The van der Waals surface area contributed by atoms with Gasteiger partial charge in [-0.05, 0) is 43.3 Å². The summed E-state index contributed by atoms with van der Waals surface area (Å²) in [6.07, 6.45) is 1.43. The minimum atomic E-state index is -0.395. The van der Waals surface area contributed by atoms with Crippen LogP contribution in [0.4, 0.5) is 10.1 Å². The Morgan fingerprint density at radius 1 is 1.07 bits per heavy atom. The fourth-order valence-corrected chi connectivity index (χ4v) is 2.60. The van der Waals surface area contributed by atoms with Crippen LogP contribution < -0.4 is 15.6 Å². The Labute approximate surface area is 156 Å². The quantitative estimate of drug-likeness (QED) is 0.724. The number of nitrogens with zero attached hydrogens (tertiary/aromatic N) is 1. The molecule has 3 rings (SSSR count). The first kappa shape index (κ1) is 18.4. The van der Waals surface area contributed by atoms with Crippen molar-refractivity contribution in [2.75, 3.05) is 11.9 Å². The molecule has 1 amide bonds. The molecule has 0 aliphatic heterocycles. The highest BCUT2D eigenvalue weighted by atomic mass is 19.1. The van der Waals surface area contributed by atoms with Gasteiger partial charge >= 0.3 is 0 Å². The maximum atomic E-state index is 13.8. The van der Waals surface area contributed by atoms with E-state index in [1.54, 1.807) is 42.5 Å². The highest BCUT2D eigenvalue weighted by Gasteiger charge is 2.10. The molecule has 0 aliphatic carbocycles. The Hall–Kier alpha value is -3.41. The van der Waals surface area contributed by atoms with E-state index in [1.165, 1.54) is 29.0 Å². The number of ether oxygens (including phenoxy) is 1. The first-order valence-corrected chi connectivity index (χ1v) is 8.55. The van der Waals surface area contributed by atoms with Gasteiger partial charge in [0.15, 0.2) is 0 Å². The lowest BCUT2D eigenvalue weighted by Crippen LogP contribution is -2.23. The molecule has 2 aromatic carbocycles. The van der Waals surface area contributed by atoms with Crippen molar-refractivity contribution in [1.29, 1.82) is 0 Å². The summed E-state index contributed by atoms with van der Waals surface area (Å²) < 4.78 is 20.5. The number of benzene rings is 2. The zero-order valence-corrected chi connectivity index (χ0v) is 14.8. The molecule has 27 heavy (non-hydrogen) atoms. The lowest BCUT2D eigenvalue weighted by molar-refractivity contribution is 0.102. The summed E-state index contributed by atoms with van der Waals surface area (Å²) >= 11 is 0. The first-order valence-electron chi connectivity index (χ1n) is 8.55. The lowest BCUT2D eigenvalue weighted by atomic mass is 10.2. The first-order chi connectivity index (χ1) is 13.1. The number of hydrogen-bond acceptors (Lipinski definition) is 3. The molecular weight excluding hydrogens is 347 g/mol. The fraction of sp³-hybridized carbons (Fsp3) is 0.143. The molecule has 1 heterocycles. The van der Waals surface area contributed by atoms with Crippen LogP contribution in [0.2, 0.25) is 0 Å². The number of anilines is 1. The molecule has 0 spiro atoms. The van der Waals surface area contributed by atoms with Gasteiger partial charge in [0.1, 0.15) is 11.6 Å². The molecule has 0 saturated carbocycles. The summed E-state index contributed by atoms with van der Waals surface area (Å²) in [6.45, 7) is 2.51. The predicted molar refractivity (Wildman–Crippen MR) is 102 cm³/mol. The van der Waals surface area contributed by atoms with E-state index in [4.69, 9.17) is 4.74 Å². The van der Waals surface area contributed by atoms with Crippen LogP contribution in [-0.2, 0) is 6.54 Å². The van der Waals surface area contributed by atoms with E-state index in [9.17, 15) is 14.0 Å². The van der Waals surface area contributed by atoms with Crippen molar-refractivity contribution in [2.45, 2.75) is 13.5 Å². The maximum Gasteiger partial charge on any atom is 0.257 e. The summed E-state index contributed by atoms with van der Waals surface area (Å²) in [5.74, 6) is -0.0379. The summed E-state index contributed by atoms with van der Waals surface area (Å²) in [4.78, 5) is 24.5. The largest absolute Gasteiger partial charge is 0.494 e. The highest BCUT2D eigenvalue weighted by molar-refractivity contribution is 6.04. The normalized spacial score (nSPS) is 10.4. The molecule has 0 atom stereocenters. The summed E-state index contributed by atoms with van der Waals surface area (Å²) in [7, 11) is 0. The van der Waals surface area contributed by atoms with Gasteiger partial charge in [0.25, 0.3) is 11.5 Å². The summed E-state index contributed by atoms with van der Waals surface area (Å²) in [5, 5.41) is 2.77. The van der Waals surface area contributed by atoms with Gasteiger partial charge < -0.3 is 14.6 Å². The predicted octanol–water partition coefficient (Wildman–Crippen LogP) is 3.69. The number of carbonyl (C=O) groups excluding carboxylic acids is 1. The van der Waals surface area contributed by atoms with E-state index in [0.29, 0.717) is 29.2 Å². The van der Waals surface area contributed by atoms with Crippen LogP contribution in [0, 0.1) is 5.82 Å². The van der Waals surface area contributed by atoms with Crippen LogP contribution in [0.3, 0.4) is 0 Å². The average molecular weight is 366 g/mol. The third kappa shape index (κ3) is 4.61. The van der Waals surface area contributed by atoms with Crippen LogP contribution >= 0.6 is 0 Å². The van der Waals surface area contributed by atoms with Crippen molar-refractivity contribution in [2.24, 2.45) is 0 Å². The van der Waals surface area contributed by atoms with Crippen molar-refractivity contribution in [1.82, 2.24) is 4.57 Å². The molecule has 0 saturated heterocycles. The third-order valence-electron chi connectivity index (χ3n) is 3.97. The van der Waals surface area contributed by atoms with Crippen LogP contribution in [-0.4, -0.2) is 17.1 Å². The molecule has 0 fully saturated rings. The van der Waals surface area contributed by atoms with Crippen molar-refractivity contribution in [3.63, 3.8) is 0 Å². The Balaban J connectivity index is 1.77. The van der Waals surface area contributed by atoms with Crippen molar-refractivity contribution in [3.05, 3.63) is 94.2 Å². The van der Waals surface area contributed by atoms with Crippen LogP contribution in [0.15, 0.2) is 71.7 Å². The van der Waals surface area contributed by atoms with Crippen LogP contribution in [0.25, 0.3) is 0 Å². The molecule has 1 N–H and O–H groups in total. The van der Waals surface area contributed by atoms with E-state index < -0.39 is 5.82 Å². The fourth-order valence-electron chi connectivity index (χ4n) is 2.60. The minimum Gasteiger partial charge on any atom is -0.494 e. The molecule has 0 radical (unpaired) electrons. The number of pyridine rings is 1. The molecule has 0 aliphatic rings. The number of aromatic nitrogens is 1. The second-order valence-corrected chi connectivity index (χ2v) is 5.89. The van der Waals surface area contributed by atoms with Crippen molar-refractivity contribution >= 4 is 11.6 Å². The van der Waals surface area contributed by atoms with Gasteiger partial charge in [0.2, 0.25) is 0 Å². The number of amides is 1. The molecular formula is C21H19FN2O3. The number of hydrogen-bond donors (Lipinski definition) is 1. The number of rotatable bonds is 6. The van der Waals surface area contributed by atoms with Crippen molar-refractivity contribution in [3.8, 4) is 5.75 Å². The SMILES string of the molecule is CCOc1ccc(NC(=O)c2ccc(=O)n(Cc3ccccc3F)c2)cc1. The van der Waals surface area contributed by atoms with E-state index >= 15 is 0 Å². The van der Waals surface area contributed by atoms with E-state index in [-0.39, 0.29) is 18.0 Å². The van der Waals surface area contributed by atoms with Gasteiger partial charge in [-0.3, -0.25) is 9.59 Å². The van der Waals surface area contributed by atoms with Crippen molar-refractivity contribution < 1.29 is 13.9 Å². The molecule has 1 aromatic heterocycles. The van der Waals surface area contributed by atoms with Gasteiger partial charge in [0.05, 0.1) is 18.7 Å². The van der Waals surface area contributed by atoms with E-state index in [1.807, 2.05) is 6.92 Å². The van der Waals surface area contributed by atoms with Gasteiger partial charge in [-0.2, -0.15) is 0 Å². The number of nitrogens with one attached hydrogen (secondary N) is 1. The van der Waals surface area contributed by atoms with Crippen LogP contribution in [0.5, 0.6) is 5.75 Å².